The van der Waals surface area contributed by atoms with Crippen LogP contribution in [-0.2, 0) is 9.59 Å². The SMILES string of the molecule is COc1ccc(N2C(=O)CC(SC(=S)N3CCCCC3)C2=O)cc1. The Morgan fingerprint density at radius 2 is 1.83 bits per heavy atom. The van der Waals surface area contributed by atoms with Crippen molar-refractivity contribution in [2.24, 2.45) is 0 Å². The largest absolute Gasteiger partial charge is 0.497 e. The minimum absolute atomic E-state index is 0.177. The molecule has 1 unspecified atom stereocenters. The fraction of sp³-hybridized carbons (Fsp3) is 0.471. The number of rotatable bonds is 3. The third kappa shape index (κ3) is 3.57. The van der Waals surface area contributed by atoms with Crippen LogP contribution in [0.15, 0.2) is 24.3 Å². The van der Waals surface area contributed by atoms with Crippen molar-refractivity contribution in [1.82, 2.24) is 4.90 Å². The zero-order valence-corrected chi connectivity index (χ0v) is 15.2. The van der Waals surface area contributed by atoms with Crippen molar-refractivity contribution in [3.05, 3.63) is 24.3 Å². The van der Waals surface area contributed by atoms with Gasteiger partial charge in [0, 0.05) is 19.5 Å². The van der Waals surface area contributed by atoms with Gasteiger partial charge in [-0.2, -0.15) is 0 Å². The Hall–Kier alpha value is -1.60. The minimum Gasteiger partial charge on any atom is -0.497 e. The lowest BCUT2D eigenvalue weighted by Gasteiger charge is -2.29. The van der Waals surface area contributed by atoms with Gasteiger partial charge in [0.1, 0.15) is 15.3 Å². The molecule has 0 aliphatic carbocycles. The molecule has 1 aromatic rings. The van der Waals surface area contributed by atoms with Crippen molar-refractivity contribution >= 4 is 45.8 Å². The Morgan fingerprint density at radius 1 is 1.17 bits per heavy atom. The lowest BCUT2D eigenvalue weighted by molar-refractivity contribution is -0.121. The number of hydrogen-bond acceptors (Lipinski definition) is 5. The quantitative estimate of drug-likeness (QED) is 0.607. The molecule has 3 rings (SSSR count). The van der Waals surface area contributed by atoms with Gasteiger partial charge in [-0.15, -0.1) is 0 Å². The lowest BCUT2D eigenvalue weighted by Crippen LogP contribution is -2.35. The Labute approximate surface area is 151 Å². The van der Waals surface area contributed by atoms with Gasteiger partial charge in [0.2, 0.25) is 11.8 Å². The van der Waals surface area contributed by atoms with Crippen LogP contribution < -0.4 is 9.64 Å². The van der Waals surface area contributed by atoms with Gasteiger partial charge in [0.05, 0.1) is 12.8 Å². The Morgan fingerprint density at radius 3 is 2.46 bits per heavy atom. The second-order valence-electron chi connectivity index (χ2n) is 5.89. The van der Waals surface area contributed by atoms with Crippen LogP contribution in [0.1, 0.15) is 25.7 Å². The van der Waals surface area contributed by atoms with Crippen LogP contribution in [0.2, 0.25) is 0 Å². The molecule has 128 valence electrons. The van der Waals surface area contributed by atoms with Gasteiger partial charge < -0.3 is 9.64 Å². The first-order chi connectivity index (χ1) is 11.6. The van der Waals surface area contributed by atoms with Gasteiger partial charge in [-0.1, -0.05) is 24.0 Å². The van der Waals surface area contributed by atoms with E-state index in [1.54, 1.807) is 31.4 Å². The number of piperidine rings is 1. The molecule has 0 radical (unpaired) electrons. The molecule has 0 N–H and O–H groups in total. The number of ether oxygens (including phenoxy) is 1. The van der Waals surface area contributed by atoms with Gasteiger partial charge in [-0.05, 0) is 43.5 Å². The first kappa shape index (κ1) is 17.2. The number of likely N-dealkylation sites (tertiary alicyclic amines) is 1. The number of anilines is 1. The third-order valence-corrected chi connectivity index (χ3v) is 5.95. The Balaban J connectivity index is 1.67. The highest BCUT2D eigenvalue weighted by Gasteiger charge is 2.41. The van der Waals surface area contributed by atoms with Crippen molar-refractivity contribution in [2.75, 3.05) is 25.1 Å². The maximum atomic E-state index is 12.7. The van der Waals surface area contributed by atoms with Crippen molar-refractivity contribution in [3.63, 3.8) is 0 Å². The van der Waals surface area contributed by atoms with Crippen LogP contribution in [0, 0.1) is 0 Å². The summed E-state index contributed by atoms with van der Waals surface area (Å²) in [4.78, 5) is 28.4. The van der Waals surface area contributed by atoms with Crippen molar-refractivity contribution in [2.45, 2.75) is 30.9 Å². The molecule has 2 heterocycles. The van der Waals surface area contributed by atoms with Crippen LogP contribution in [0.3, 0.4) is 0 Å². The molecular weight excluding hydrogens is 344 g/mol. The van der Waals surface area contributed by atoms with Crippen molar-refractivity contribution in [1.29, 1.82) is 0 Å². The summed E-state index contributed by atoms with van der Waals surface area (Å²) in [5.74, 6) is 0.327. The fourth-order valence-electron chi connectivity index (χ4n) is 2.97. The Kier molecular flexibility index (Phi) is 5.40. The molecule has 2 aliphatic heterocycles. The second-order valence-corrected chi connectivity index (χ2v) is 7.73. The summed E-state index contributed by atoms with van der Waals surface area (Å²) in [6.45, 7) is 1.89. The smallest absolute Gasteiger partial charge is 0.247 e. The number of imide groups is 1. The second kappa shape index (κ2) is 7.53. The van der Waals surface area contributed by atoms with E-state index >= 15 is 0 Å². The molecule has 1 aromatic carbocycles. The predicted molar refractivity (Wildman–Crippen MR) is 99.5 cm³/mol. The molecule has 2 aliphatic rings. The third-order valence-electron chi connectivity index (χ3n) is 4.29. The summed E-state index contributed by atoms with van der Waals surface area (Å²) >= 11 is 6.83. The molecule has 0 saturated carbocycles. The molecule has 7 heteroatoms. The van der Waals surface area contributed by atoms with E-state index in [2.05, 4.69) is 4.90 Å². The highest BCUT2D eigenvalue weighted by Crippen LogP contribution is 2.32. The standard InChI is InChI=1S/C17H20N2O3S2/c1-22-13-7-5-12(6-8-13)19-15(20)11-14(16(19)21)24-17(23)18-9-3-2-4-10-18/h5-8,14H,2-4,9-11H2,1H3. The predicted octanol–water partition coefficient (Wildman–Crippen LogP) is 2.83. The van der Waals surface area contributed by atoms with E-state index in [0.29, 0.717) is 11.4 Å². The molecular formula is C17H20N2O3S2. The summed E-state index contributed by atoms with van der Waals surface area (Å²) in [6, 6.07) is 6.94. The van der Waals surface area contributed by atoms with Crippen LogP contribution in [0.25, 0.3) is 0 Å². The minimum atomic E-state index is -0.422. The number of benzene rings is 1. The van der Waals surface area contributed by atoms with Crippen molar-refractivity contribution < 1.29 is 14.3 Å². The zero-order chi connectivity index (χ0) is 17.1. The molecule has 0 bridgehead atoms. The average Bonchev–Trinajstić information content (AvgIpc) is 2.89. The van der Waals surface area contributed by atoms with E-state index in [-0.39, 0.29) is 18.2 Å². The topological polar surface area (TPSA) is 49.9 Å². The summed E-state index contributed by atoms with van der Waals surface area (Å²) < 4.78 is 5.85. The van der Waals surface area contributed by atoms with Gasteiger partial charge in [-0.3, -0.25) is 9.59 Å². The maximum absolute atomic E-state index is 12.7. The van der Waals surface area contributed by atoms with Crippen LogP contribution in [0.4, 0.5) is 5.69 Å². The van der Waals surface area contributed by atoms with Crippen LogP contribution in [0.5, 0.6) is 5.75 Å². The molecule has 2 amide bonds. The molecule has 2 saturated heterocycles. The zero-order valence-electron chi connectivity index (χ0n) is 13.6. The molecule has 2 fully saturated rings. The number of carbonyl (C=O) groups excluding carboxylic acids is 2. The average molecular weight is 364 g/mol. The monoisotopic (exact) mass is 364 g/mol. The van der Waals surface area contributed by atoms with Crippen LogP contribution in [-0.4, -0.2) is 46.5 Å². The van der Waals surface area contributed by atoms with Crippen molar-refractivity contribution in [3.8, 4) is 5.75 Å². The van der Waals surface area contributed by atoms with Crippen LogP contribution >= 0.6 is 24.0 Å². The van der Waals surface area contributed by atoms with E-state index in [9.17, 15) is 9.59 Å². The van der Waals surface area contributed by atoms with E-state index in [0.717, 1.165) is 30.3 Å². The number of thioether (sulfide) groups is 1. The van der Waals surface area contributed by atoms with Gasteiger partial charge in [0.25, 0.3) is 0 Å². The molecule has 0 aromatic heterocycles. The highest BCUT2D eigenvalue weighted by molar-refractivity contribution is 8.23. The summed E-state index contributed by atoms with van der Waals surface area (Å²) in [6.07, 6.45) is 3.70. The normalized spacial score (nSPS) is 21.3. The first-order valence-electron chi connectivity index (χ1n) is 8.06. The summed E-state index contributed by atoms with van der Waals surface area (Å²) in [5.41, 5.74) is 0.581. The Bertz CT molecular complexity index is 642. The van der Waals surface area contributed by atoms with E-state index in [4.69, 9.17) is 17.0 Å². The number of methoxy groups -OCH3 is 1. The van der Waals surface area contributed by atoms with Gasteiger partial charge >= 0.3 is 0 Å². The number of thiocarbonyl (C=S) groups is 1. The molecule has 1 atom stereocenters. The van der Waals surface area contributed by atoms with E-state index in [1.807, 2.05) is 0 Å². The highest BCUT2D eigenvalue weighted by atomic mass is 32.2. The molecule has 5 nitrogen and oxygen atoms in total. The number of amides is 2. The summed E-state index contributed by atoms with van der Waals surface area (Å²) in [5, 5.41) is -0.422. The summed E-state index contributed by atoms with van der Waals surface area (Å²) in [7, 11) is 1.58. The van der Waals surface area contributed by atoms with E-state index in [1.165, 1.54) is 23.1 Å². The number of nitrogens with zero attached hydrogens (tertiary/aromatic N) is 2. The van der Waals surface area contributed by atoms with E-state index < -0.39 is 5.25 Å². The number of hydrogen-bond donors (Lipinski definition) is 0. The molecule has 0 spiro atoms. The maximum Gasteiger partial charge on any atom is 0.247 e. The first-order valence-corrected chi connectivity index (χ1v) is 9.35. The molecule has 24 heavy (non-hydrogen) atoms. The van der Waals surface area contributed by atoms with Gasteiger partial charge in [0.15, 0.2) is 0 Å². The number of carbonyl (C=O) groups is 2. The fourth-order valence-corrected chi connectivity index (χ4v) is 4.51. The lowest BCUT2D eigenvalue weighted by atomic mass is 10.1. The van der Waals surface area contributed by atoms with Gasteiger partial charge in [-0.25, -0.2) is 4.90 Å².